The molecule has 1 N–H and O–H groups in total. The molecule has 0 fully saturated rings. The predicted octanol–water partition coefficient (Wildman–Crippen LogP) is 1.90. The van der Waals surface area contributed by atoms with Gasteiger partial charge in [0.15, 0.2) is 0 Å². The van der Waals surface area contributed by atoms with Gasteiger partial charge in [-0.15, -0.1) is 10.2 Å². The molecule has 1 aliphatic rings. The molecule has 1 aromatic heterocycles. The summed E-state index contributed by atoms with van der Waals surface area (Å²) in [6, 6.07) is 0. The first-order chi connectivity index (χ1) is 8.18. The van der Waals surface area contributed by atoms with E-state index in [2.05, 4.69) is 35.4 Å². The van der Waals surface area contributed by atoms with Crippen LogP contribution >= 0.6 is 0 Å². The van der Waals surface area contributed by atoms with Crippen LogP contribution in [-0.2, 0) is 13.6 Å². The molecule has 1 aromatic rings. The monoisotopic (exact) mass is 234 g/mol. The van der Waals surface area contributed by atoms with Crippen molar-refractivity contribution in [1.82, 2.24) is 20.1 Å². The molecule has 2 rings (SSSR count). The topological polar surface area (TPSA) is 42.7 Å². The number of rotatable bonds is 4. The highest BCUT2D eigenvalue weighted by atomic mass is 15.3. The Morgan fingerprint density at radius 3 is 3.00 bits per heavy atom. The lowest BCUT2D eigenvalue weighted by Crippen LogP contribution is -2.30. The van der Waals surface area contributed by atoms with E-state index in [0.717, 1.165) is 24.8 Å². The van der Waals surface area contributed by atoms with Crippen LogP contribution in [0.25, 0.3) is 0 Å². The Bertz CT molecular complexity index is 394. The molecule has 0 unspecified atom stereocenters. The van der Waals surface area contributed by atoms with Crippen LogP contribution < -0.4 is 5.32 Å². The number of allylic oxidation sites excluding steroid dienone is 1. The molecular weight excluding hydrogens is 212 g/mol. The minimum atomic E-state index is 0.678. The van der Waals surface area contributed by atoms with E-state index in [1.54, 1.807) is 6.33 Å². The molecule has 0 radical (unpaired) electrons. The van der Waals surface area contributed by atoms with E-state index in [1.165, 1.54) is 18.4 Å². The maximum atomic E-state index is 4.07. The molecule has 1 heterocycles. The third-order valence-corrected chi connectivity index (χ3v) is 3.81. The first-order valence-corrected chi connectivity index (χ1v) is 6.38. The Hall–Kier alpha value is -1.16. The van der Waals surface area contributed by atoms with Crippen LogP contribution in [0.2, 0.25) is 0 Å². The van der Waals surface area contributed by atoms with Gasteiger partial charge in [0.2, 0.25) is 0 Å². The largest absolute Gasteiger partial charge is 0.320 e. The molecule has 4 heteroatoms. The number of aryl methyl sites for hydroxylation is 1. The minimum absolute atomic E-state index is 0.678. The van der Waals surface area contributed by atoms with Crippen molar-refractivity contribution in [2.24, 2.45) is 18.9 Å². The molecule has 0 aromatic carbocycles. The fourth-order valence-electron chi connectivity index (χ4n) is 2.54. The van der Waals surface area contributed by atoms with Crippen molar-refractivity contribution >= 4 is 0 Å². The predicted molar refractivity (Wildman–Crippen MR) is 68.4 cm³/mol. The zero-order chi connectivity index (χ0) is 12.3. The maximum Gasteiger partial charge on any atom is 0.146 e. The summed E-state index contributed by atoms with van der Waals surface area (Å²) in [5, 5.41) is 11.4. The van der Waals surface area contributed by atoms with Crippen molar-refractivity contribution in [2.45, 2.75) is 33.2 Å². The molecule has 94 valence electrons. The lowest BCUT2D eigenvalue weighted by molar-refractivity contribution is 0.348. The smallest absolute Gasteiger partial charge is 0.146 e. The highest BCUT2D eigenvalue weighted by Crippen LogP contribution is 2.29. The minimum Gasteiger partial charge on any atom is -0.320 e. The molecule has 0 spiro atoms. The molecule has 17 heavy (non-hydrogen) atoms. The highest BCUT2D eigenvalue weighted by molar-refractivity contribution is 5.09. The molecule has 0 saturated carbocycles. The Balaban J connectivity index is 1.84. The van der Waals surface area contributed by atoms with Crippen LogP contribution in [0.5, 0.6) is 0 Å². The van der Waals surface area contributed by atoms with Gasteiger partial charge in [0.05, 0.1) is 6.54 Å². The van der Waals surface area contributed by atoms with E-state index in [-0.39, 0.29) is 0 Å². The van der Waals surface area contributed by atoms with Crippen molar-refractivity contribution in [1.29, 1.82) is 0 Å². The second-order valence-corrected chi connectivity index (χ2v) is 5.10. The average molecular weight is 234 g/mol. The van der Waals surface area contributed by atoms with E-state index in [0.29, 0.717) is 5.92 Å². The fourth-order valence-corrected chi connectivity index (χ4v) is 2.54. The van der Waals surface area contributed by atoms with Crippen LogP contribution in [0.4, 0.5) is 0 Å². The first-order valence-electron chi connectivity index (χ1n) is 6.38. The van der Waals surface area contributed by atoms with Gasteiger partial charge in [-0.1, -0.05) is 18.6 Å². The van der Waals surface area contributed by atoms with Gasteiger partial charge in [-0.25, -0.2) is 0 Å². The normalized spacial score (nSPS) is 24.8. The standard InChI is InChI=1S/C13H22N4/c1-10-5-4-6-11(2)12(10)7-14-8-13-16-15-9-17(13)3/h5,9,11-12,14H,4,6-8H2,1-3H3/t11-,12+/m1/s1. The molecule has 0 amide bonds. The second kappa shape index (κ2) is 5.45. The molecule has 2 atom stereocenters. The number of hydrogen-bond donors (Lipinski definition) is 1. The van der Waals surface area contributed by atoms with Crippen LogP contribution in [-0.4, -0.2) is 21.3 Å². The Morgan fingerprint density at radius 1 is 1.53 bits per heavy atom. The van der Waals surface area contributed by atoms with Crippen LogP contribution in [0.3, 0.4) is 0 Å². The van der Waals surface area contributed by atoms with Gasteiger partial charge in [0.1, 0.15) is 12.2 Å². The van der Waals surface area contributed by atoms with Gasteiger partial charge in [0.25, 0.3) is 0 Å². The van der Waals surface area contributed by atoms with Crippen LogP contribution in [0, 0.1) is 11.8 Å². The number of hydrogen-bond acceptors (Lipinski definition) is 3. The Kier molecular flexibility index (Phi) is 3.94. The molecule has 0 aliphatic heterocycles. The van der Waals surface area contributed by atoms with Gasteiger partial charge in [-0.2, -0.15) is 0 Å². The average Bonchev–Trinajstić information content (AvgIpc) is 2.69. The summed E-state index contributed by atoms with van der Waals surface area (Å²) in [6.45, 7) is 6.44. The number of aromatic nitrogens is 3. The van der Waals surface area contributed by atoms with Gasteiger partial charge in [0, 0.05) is 13.6 Å². The van der Waals surface area contributed by atoms with Gasteiger partial charge >= 0.3 is 0 Å². The third kappa shape index (κ3) is 2.94. The van der Waals surface area contributed by atoms with Crippen molar-refractivity contribution in [3.63, 3.8) is 0 Å². The summed E-state index contributed by atoms with van der Waals surface area (Å²) in [7, 11) is 1.98. The summed E-state index contributed by atoms with van der Waals surface area (Å²) in [6.07, 6.45) is 6.68. The lowest BCUT2D eigenvalue weighted by Gasteiger charge is -2.28. The zero-order valence-electron chi connectivity index (χ0n) is 11.0. The molecule has 4 nitrogen and oxygen atoms in total. The third-order valence-electron chi connectivity index (χ3n) is 3.81. The van der Waals surface area contributed by atoms with Gasteiger partial charge in [-0.05, 0) is 31.6 Å². The second-order valence-electron chi connectivity index (χ2n) is 5.10. The Labute approximate surface area is 103 Å². The summed E-state index contributed by atoms with van der Waals surface area (Å²) < 4.78 is 1.96. The zero-order valence-corrected chi connectivity index (χ0v) is 11.0. The molecular formula is C13H22N4. The van der Waals surface area contributed by atoms with Crippen molar-refractivity contribution in [2.75, 3.05) is 6.54 Å². The maximum absolute atomic E-state index is 4.07. The molecule has 0 saturated heterocycles. The quantitative estimate of drug-likeness (QED) is 0.809. The van der Waals surface area contributed by atoms with E-state index in [4.69, 9.17) is 0 Å². The van der Waals surface area contributed by atoms with E-state index < -0.39 is 0 Å². The number of nitrogens with one attached hydrogen (secondary N) is 1. The van der Waals surface area contributed by atoms with E-state index >= 15 is 0 Å². The molecule has 1 aliphatic carbocycles. The van der Waals surface area contributed by atoms with Crippen molar-refractivity contribution in [3.8, 4) is 0 Å². The van der Waals surface area contributed by atoms with Crippen molar-refractivity contribution < 1.29 is 0 Å². The van der Waals surface area contributed by atoms with Gasteiger partial charge < -0.3 is 9.88 Å². The van der Waals surface area contributed by atoms with Gasteiger partial charge in [-0.3, -0.25) is 0 Å². The van der Waals surface area contributed by atoms with Crippen molar-refractivity contribution in [3.05, 3.63) is 23.8 Å². The summed E-state index contributed by atoms with van der Waals surface area (Å²) in [5.74, 6) is 2.46. The summed E-state index contributed by atoms with van der Waals surface area (Å²) in [5.41, 5.74) is 1.54. The van der Waals surface area contributed by atoms with E-state index in [1.807, 2.05) is 11.6 Å². The Morgan fingerprint density at radius 2 is 2.35 bits per heavy atom. The number of nitrogens with zero attached hydrogens (tertiary/aromatic N) is 3. The SMILES string of the molecule is CC1=CCC[C@@H](C)[C@H]1CNCc1nncn1C. The van der Waals surface area contributed by atoms with E-state index in [9.17, 15) is 0 Å². The first kappa shape index (κ1) is 12.3. The fraction of sp³-hybridized carbons (Fsp3) is 0.692. The lowest BCUT2D eigenvalue weighted by atomic mass is 9.80. The summed E-state index contributed by atoms with van der Waals surface area (Å²) >= 11 is 0. The molecule has 0 bridgehead atoms. The van der Waals surface area contributed by atoms with Crippen LogP contribution in [0.1, 0.15) is 32.5 Å². The summed E-state index contributed by atoms with van der Waals surface area (Å²) in [4.78, 5) is 0. The highest BCUT2D eigenvalue weighted by Gasteiger charge is 2.21. The van der Waals surface area contributed by atoms with Crippen LogP contribution in [0.15, 0.2) is 18.0 Å².